The summed E-state index contributed by atoms with van der Waals surface area (Å²) in [6.07, 6.45) is 23.3. The van der Waals surface area contributed by atoms with Gasteiger partial charge in [0.05, 0.1) is 25.4 Å². The van der Waals surface area contributed by atoms with Crippen LogP contribution in [0.2, 0.25) is 0 Å². The van der Waals surface area contributed by atoms with Gasteiger partial charge < -0.3 is 35.4 Å². The van der Waals surface area contributed by atoms with Crippen LogP contribution in [-0.2, 0) is 42.3 Å². The number of Topliss-reactive ketones (excluding diaryl/α,β-unsaturated/α-hetero) is 1. The first-order valence-electron chi connectivity index (χ1n) is 21.8. The Balaban J connectivity index is 2.47. The molecule has 1 aliphatic carbocycles. The molecule has 0 aromatic heterocycles. The number of phosphoric ester groups is 1. The van der Waals surface area contributed by atoms with Crippen LogP contribution in [-0.4, -0.2) is 88.1 Å². The number of aliphatic carboxylic acids is 1. The summed E-state index contributed by atoms with van der Waals surface area (Å²) < 4.78 is 32.7. The molecule has 15 heteroatoms. The van der Waals surface area contributed by atoms with Gasteiger partial charge in [0.2, 0.25) is 0 Å². The molecule has 0 aromatic carbocycles. The topological polar surface area (TPSA) is 229 Å². The number of hydrogen-bond acceptors (Lipinski definition) is 12. The fraction of sp³-hybridized carbons (Fsp3) is 0.857. The van der Waals surface area contributed by atoms with E-state index in [9.17, 15) is 38.8 Å². The first-order valence-corrected chi connectivity index (χ1v) is 23.3. The second-order valence-electron chi connectivity index (χ2n) is 15.6. The van der Waals surface area contributed by atoms with E-state index in [0.29, 0.717) is 32.1 Å². The van der Waals surface area contributed by atoms with Crippen LogP contribution >= 0.6 is 7.82 Å². The average molecular weight is 834 g/mol. The molecule has 1 saturated carbocycles. The predicted molar refractivity (Wildman–Crippen MR) is 218 cm³/mol. The lowest BCUT2D eigenvalue weighted by Gasteiger charge is -2.20. The van der Waals surface area contributed by atoms with E-state index in [-0.39, 0.29) is 31.0 Å². The van der Waals surface area contributed by atoms with E-state index < -0.39 is 75.8 Å². The van der Waals surface area contributed by atoms with Gasteiger partial charge in [0.15, 0.2) is 6.10 Å². The summed E-state index contributed by atoms with van der Waals surface area (Å²) in [6.45, 7) is 2.46. The number of unbranched alkanes of at least 4 members (excludes halogenated alkanes) is 17. The fourth-order valence-electron chi connectivity index (χ4n) is 6.91. The van der Waals surface area contributed by atoms with E-state index >= 15 is 0 Å². The molecule has 0 bridgehead atoms. The van der Waals surface area contributed by atoms with Crippen LogP contribution in [0.1, 0.15) is 174 Å². The molecule has 1 aliphatic rings. The number of rotatable bonds is 37. The summed E-state index contributed by atoms with van der Waals surface area (Å²) in [6, 6.07) is -1.55. The highest BCUT2D eigenvalue weighted by molar-refractivity contribution is 7.47. The Hall–Kier alpha value is -2.19. The number of ether oxygens (including phenoxy) is 2. The fourth-order valence-corrected chi connectivity index (χ4v) is 7.69. The zero-order valence-electron chi connectivity index (χ0n) is 34.9. The molecule has 1 unspecified atom stereocenters. The predicted octanol–water partition coefficient (Wildman–Crippen LogP) is 7.87. The molecule has 1 rings (SSSR count). The van der Waals surface area contributed by atoms with E-state index in [2.05, 4.69) is 18.4 Å². The molecule has 57 heavy (non-hydrogen) atoms. The van der Waals surface area contributed by atoms with E-state index in [1.54, 1.807) is 12.2 Å². The Morgan fingerprint density at radius 1 is 0.772 bits per heavy atom. The van der Waals surface area contributed by atoms with Gasteiger partial charge in [-0.2, -0.15) is 0 Å². The number of carbonyl (C=O) groups excluding carboxylic acids is 3. The minimum absolute atomic E-state index is 0.0158. The number of hydrogen-bond donors (Lipinski definition) is 5. The quantitative estimate of drug-likeness (QED) is 0.0174. The van der Waals surface area contributed by atoms with Crippen LogP contribution in [0.5, 0.6) is 0 Å². The van der Waals surface area contributed by atoms with Crippen molar-refractivity contribution in [2.75, 3.05) is 19.8 Å². The highest BCUT2D eigenvalue weighted by Crippen LogP contribution is 2.43. The lowest BCUT2D eigenvalue weighted by atomic mass is 9.88. The van der Waals surface area contributed by atoms with Gasteiger partial charge in [0, 0.05) is 25.2 Å². The Morgan fingerprint density at radius 3 is 1.86 bits per heavy atom. The van der Waals surface area contributed by atoms with Crippen molar-refractivity contribution in [2.45, 2.75) is 199 Å². The van der Waals surface area contributed by atoms with Crippen molar-refractivity contribution >= 4 is 31.5 Å². The van der Waals surface area contributed by atoms with Gasteiger partial charge in [-0.3, -0.25) is 28.2 Å². The molecule has 0 heterocycles. The van der Waals surface area contributed by atoms with Crippen LogP contribution in [0.3, 0.4) is 0 Å². The second-order valence-corrected chi connectivity index (χ2v) is 17.1. The van der Waals surface area contributed by atoms with E-state index in [0.717, 1.165) is 51.4 Å². The van der Waals surface area contributed by atoms with Gasteiger partial charge in [0.25, 0.3) is 0 Å². The van der Waals surface area contributed by atoms with E-state index in [4.69, 9.17) is 24.8 Å². The number of carboxylic acid groups (broad SMARTS) is 1. The number of allylic oxidation sites excluding steroid dienone is 1. The third-order valence-corrected chi connectivity index (χ3v) is 11.4. The van der Waals surface area contributed by atoms with Gasteiger partial charge in [-0.1, -0.05) is 142 Å². The van der Waals surface area contributed by atoms with Gasteiger partial charge >= 0.3 is 25.7 Å². The molecular formula is C42H76NO13P. The Morgan fingerprint density at radius 2 is 1.28 bits per heavy atom. The number of aliphatic hydroxyl groups is 2. The van der Waals surface area contributed by atoms with Crippen LogP contribution in [0.25, 0.3) is 0 Å². The lowest BCUT2D eigenvalue weighted by Crippen LogP contribution is -2.34. The number of phosphoric acid groups is 1. The third kappa shape index (κ3) is 27.2. The summed E-state index contributed by atoms with van der Waals surface area (Å²) in [5.41, 5.74) is 5.32. The minimum atomic E-state index is -4.77. The van der Waals surface area contributed by atoms with Crippen molar-refractivity contribution in [3.63, 3.8) is 0 Å². The Kier molecular flexibility index (Phi) is 30.2. The molecule has 0 aliphatic heterocycles. The number of aliphatic hydroxyl groups excluding tert-OH is 2. The zero-order valence-corrected chi connectivity index (χ0v) is 35.8. The SMILES string of the molecule is CCCCCCCCCCCCCCCC(=O)O[C@H](COC(=O)CCCCCC[C@H]1[C@@H](O)CC(=O)[C@@H]1/C=C/[C@@H](O)CCCCC)COP(=O)(O)OC[C@H](N)C(=O)O. The van der Waals surface area contributed by atoms with Crippen molar-refractivity contribution in [1.29, 1.82) is 0 Å². The summed E-state index contributed by atoms with van der Waals surface area (Å²) >= 11 is 0. The first-order chi connectivity index (χ1) is 27.3. The standard InChI is InChI=1S/C42H76NO13P/c1-3-5-7-8-9-10-11-12-13-14-15-16-22-26-41(48)56-34(31-54-57(51,52)55-32-37(43)42(49)50)30-53-40(47)25-21-18-17-20-24-35-36(39(46)29-38(35)45)28-27-33(44)23-19-6-4-2/h27-28,33-38,44-45H,3-26,29-32,43H2,1-2H3,(H,49,50)(H,51,52)/b28-27+/t33-,34+,35+,36+,37-,38-/m0/s1. The number of nitrogens with two attached hydrogens (primary N) is 1. The van der Waals surface area contributed by atoms with Crippen LogP contribution in [0.4, 0.5) is 0 Å². The van der Waals surface area contributed by atoms with E-state index in [1.165, 1.54) is 57.8 Å². The number of carbonyl (C=O) groups is 4. The summed E-state index contributed by atoms with van der Waals surface area (Å²) in [5, 5.41) is 29.6. The summed E-state index contributed by atoms with van der Waals surface area (Å²) in [7, 11) is -4.77. The van der Waals surface area contributed by atoms with Crippen molar-refractivity contribution < 1.29 is 62.5 Å². The van der Waals surface area contributed by atoms with Crippen molar-refractivity contribution in [2.24, 2.45) is 17.6 Å². The molecule has 0 spiro atoms. The molecule has 0 radical (unpaired) electrons. The molecular weight excluding hydrogens is 757 g/mol. The molecule has 0 amide bonds. The van der Waals surface area contributed by atoms with Crippen LogP contribution in [0, 0.1) is 11.8 Å². The molecule has 7 atom stereocenters. The van der Waals surface area contributed by atoms with Gasteiger partial charge in [-0.05, 0) is 31.6 Å². The Labute approximate surface area is 341 Å². The van der Waals surface area contributed by atoms with Crippen molar-refractivity contribution in [3.8, 4) is 0 Å². The van der Waals surface area contributed by atoms with Gasteiger partial charge in [-0.25, -0.2) is 4.57 Å². The largest absolute Gasteiger partial charge is 0.480 e. The highest BCUT2D eigenvalue weighted by Gasteiger charge is 2.39. The number of ketones is 1. The van der Waals surface area contributed by atoms with Crippen LogP contribution < -0.4 is 5.73 Å². The maximum absolute atomic E-state index is 12.6. The zero-order chi connectivity index (χ0) is 42.3. The van der Waals surface area contributed by atoms with Crippen molar-refractivity contribution in [3.05, 3.63) is 12.2 Å². The van der Waals surface area contributed by atoms with Gasteiger partial charge in [-0.15, -0.1) is 0 Å². The molecule has 0 saturated heterocycles. The second kappa shape index (κ2) is 32.6. The highest BCUT2D eigenvalue weighted by atomic mass is 31.2. The maximum Gasteiger partial charge on any atom is 0.472 e. The minimum Gasteiger partial charge on any atom is -0.480 e. The maximum atomic E-state index is 12.6. The number of carboxylic acids is 1. The monoisotopic (exact) mass is 834 g/mol. The van der Waals surface area contributed by atoms with E-state index in [1.807, 2.05) is 0 Å². The molecule has 0 aromatic rings. The first kappa shape index (κ1) is 52.8. The molecule has 6 N–H and O–H groups in total. The molecule has 332 valence electrons. The normalized spacial score (nSPS) is 19.7. The molecule has 14 nitrogen and oxygen atoms in total. The van der Waals surface area contributed by atoms with Crippen LogP contribution in [0.15, 0.2) is 12.2 Å². The van der Waals surface area contributed by atoms with Crippen molar-refractivity contribution in [1.82, 2.24) is 0 Å². The lowest BCUT2D eigenvalue weighted by molar-refractivity contribution is -0.161. The average Bonchev–Trinajstić information content (AvgIpc) is 3.44. The smallest absolute Gasteiger partial charge is 0.472 e. The van der Waals surface area contributed by atoms with Gasteiger partial charge in [0.1, 0.15) is 18.4 Å². The summed E-state index contributed by atoms with van der Waals surface area (Å²) in [5.74, 6) is -3.19. The third-order valence-electron chi connectivity index (χ3n) is 10.4. The Bertz CT molecular complexity index is 1180. The summed E-state index contributed by atoms with van der Waals surface area (Å²) in [4.78, 5) is 58.6. The number of esters is 2. The molecule has 1 fully saturated rings.